The van der Waals surface area contributed by atoms with E-state index in [0.29, 0.717) is 5.82 Å². The van der Waals surface area contributed by atoms with Crippen LogP contribution in [0.3, 0.4) is 0 Å². The molecule has 0 amide bonds. The Hall–Kier alpha value is -1.58. The van der Waals surface area contributed by atoms with Gasteiger partial charge in [0.25, 0.3) is 0 Å². The second kappa shape index (κ2) is 7.12. The Bertz CT molecular complexity index is 385. The lowest BCUT2D eigenvalue weighted by molar-refractivity contribution is -0.156. The van der Waals surface area contributed by atoms with Gasteiger partial charge < -0.3 is 10.1 Å². The summed E-state index contributed by atoms with van der Waals surface area (Å²) in [5, 5.41) is 3.15. The molecule has 0 aliphatic heterocycles. The van der Waals surface area contributed by atoms with Gasteiger partial charge in [-0.1, -0.05) is 25.8 Å². The lowest BCUT2D eigenvalue weighted by Gasteiger charge is -2.24. The van der Waals surface area contributed by atoms with E-state index in [1.54, 1.807) is 6.20 Å². The number of hydrogen-bond acceptors (Lipinski definition) is 4. The van der Waals surface area contributed by atoms with Crippen LogP contribution in [-0.4, -0.2) is 22.6 Å². The Labute approximate surface area is 115 Å². The molecular weight excluding hydrogens is 240 g/mol. The number of nitrogens with zero attached hydrogens (tertiary/aromatic N) is 1. The lowest BCUT2D eigenvalue weighted by Crippen LogP contribution is -2.36. The maximum atomic E-state index is 12.2. The Morgan fingerprint density at radius 1 is 1.42 bits per heavy atom. The van der Waals surface area contributed by atoms with Gasteiger partial charge in [0, 0.05) is 6.20 Å². The standard InChI is InChI=1S/C15H24N2O2/c1-5-6-9-12(14(18)19-15(2,3)4)17-13-10-7-8-11-16-13/h7-8,10-12H,5-6,9H2,1-4H3,(H,16,17). The van der Waals surface area contributed by atoms with E-state index in [0.717, 1.165) is 19.3 Å². The summed E-state index contributed by atoms with van der Waals surface area (Å²) >= 11 is 0. The summed E-state index contributed by atoms with van der Waals surface area (Å²) in [5.74, 6) is 0.487. The van der Waals surface area contributed by atoms with E-state index < -0.39 is 5.60 Å². The number of unbranched alkanes of at least 4 members (excludes halogenated alkanes) is 1. The maximum absolute atomic E-state index is 12.2. The van der Waals surface area contributed by atoms with E-state index in [4.69, 9.17) is 4.74 Å². The summed E-state index contributed by atoms with van der Waals surface area (Å²) in [6.45, 7) is 7.74. The molecule has 1 rings (SSSR count). The zero-order valence-corrected chi connectivity index (χ0v) is 12.3. The number of esters is 1. The number of rotatable bonds is 6. The van der Waals surface area contributed by atoms with Crippen molar-refractivity contribution in [1.82, 2.24) is 4.98 Å². The van der Waals surface area contributed by atoms with Crippen LogP contribution in [0.15, 0.2) is 24.4 Å². The summed E-state index contributed by atoms with van der Waals surface area (Å²) in [6.07, 6.45) is 4.48. The van der Waals surface area contributed by atoms with Crippen molar-refractivity contribution in [3.8, 4) is 0 Å². The first-order chi connectivity index (χ1) is 8.92. The highest BCUT2D eigenvalue weighted by Crippen LogP contribution is 2.14. The number of carbonyl (C=O) groups excluding carboxylic acids is 1. The molecule has 0 spiro atoms. The second-order valence-electron chi connectivity index (χ2n) is 5.59. The molecule has 106 valence electrons. The fourth-order valence-corrected chi connectivity index (χ4v) is 1.66. The third-order valence-electron chi connectivity index (χ3n) is 2.52. The van der Waals surface area contributed by atoms with E-state index >= 15 is 0 Å². The Morgan fingerprint density at radius 3 is 2.68 bits per heavy atom. The van der Waals surface area contributed by atoms with E-state index in [9.17, 15) is 4.79 Å². The number of pyridine rings is 1. The predicted molar refractivity (Wildman–Crippen MR) is 77.0 cm³/mol. The molecule has 0 fully saturated rings. The van der Waals surface area contributed by atoms with E-state index in [1.807, 2.05) is 39.0 Å². The minimum atomic E-state index is -0.465. The smallest absolute Gasteiger partial charge is 0.329 e. The van der Waals surface area contributed by atoms with Crippen molar-refractivity contribution in [2.75, 3.05) is 5.32 Å². The highest BCUT2D eigenvalue weighted by atomic mass is 16.6. The van der Waals surface area contributed by atoms with Gasteiger partial charge in [0.2, 0.25) is 0 Å². The number of carbonyl (C=O) groups is 1. The van der Waals surface area contributed by atoms with Gasteiger partial charge in [0.1, 0.15) is 17.5 Å². The number of anilines is 1. The van der Waals surface area contributed by atoms with Crippen LogP contribution in [0.25, 0.3) is 0 Å². The first-order valence-corrected chi connectivity index (χ1v) is 6.83. The molecule has 1 N–H and O–H groups in total. The molecule has 1 atom stereocenters. The number of ether oxygens (including phenoxy) is 1. The summed E-state index contributed by atoms with van der Waals surface area (Å²) in [6, 6.07) is 5.25. The van der Waals surface area contributed by atoms with Gasteiger partial charge in [-0.2, -0.15) is 0 Å². The van der Waals surface area contributed by atoms with Crippen LogP contribution >= 0.6 is 0 Å². The van der Waals surface area contributed by atoms with Gasteiger partial charge >= 0.3 is 5.97 Å². The monoisotopic (exact) mass is 264 g/mol. The van der Waals surface area contributed by atoms with Crippen molar-refractivity contribution in [3.05, 3.63) is 24.4 Å². The average molecular weight is 264 g/mol. The molecule has 1 heterocycles. The number of aromatic nitrogens is 1. The van der Waals surface area contributed by atoms with Crippen LogP contribution in [0.2, 0.25) is 0 Å². The van der Waals surface area contributed by atoms with Gasteiger partial charge in [-0.3, -0.25) is 0 Å². The zero-order chi connectivity index (χ0) is 14.3. The molecular formula is C15H24N2O2. The normalized spacial score (nSPS) is 12.8. The molecule has 19 heavy (non-hydrogen) atoms. The highest BCUT2D eigenvalue weighted by molar-refractivity contribution is 5.79. The minimum absolute atomic E-state index is 0.216. The van der Waals surface area contributed by atoms with Gasteiger partial charge in [-0.25, -0.2) is 9.78 Å². The van der Waals surface area contributed by atoms with Crippen molar-refractivity contribution in [2.45, 2.75) is 58.6 Å². The molecule has 0 saturated heterocycles. The van der Waals surface area contributed by atoms with E-state index in [-0.39, 0.29) is 12.0 Å². The molecule has 1 aromatic heterocycles. The third-order valence-corrected chi connectivity index (χ3v) is 2.52. The van der Waals surface area contributed by atoms with Crippen LogP contribution in [0.1, 0.15) is 47.0 Å². The van der Waals surface area contributed by atoms with Crippen molar-refractivity contribution in [3.63, 3.8) is 0 Å². The van der Waals surface area contributed by atoms with Crippen LogP contribution < -0.4 is 5.32 Å². The molecule has 0 bridgehead atoms. The molecule has 0 aromatic carbocycles. The second-order valence-corrected chi connectivity index (χ2v) is 5.59. The highest BCUT2D eigenvalue weighted by Gasteiger charge is 2.24. The number of hydrogen-bond donors (Lipinski definition) is 1. The summed E-state index contributed by atoms with van der Waals surface area (Å²) in [5.41, 5.74) is -0.465. The average Bonchev–Trinajstić information content (AvgIpc) is 2.33. The Balaban J connectivity index is 2.68. The van der Waals surface area contributed by atoms with Crippen molar-refractivity contribution >= 4 is 11.8 Å². The molecule has 0 saturated carbocycles. The summed E-state index contributed by atoms with van der Waals surface area (Å²) in [7, 11) is 0. The minimum Gasteiger partial charge on any atom is -0.458 e. The first kappa shape index (κ1) is 15.5. The topological polar surface area (TPSA) is 51.2 Å². The molecule has 4 heteroatoms. The fourth-order valence-electron chi connectivity index (χ4n) is 1.66. The van der Waals surface area contributed by atoms with Crippen molar-refractivity contribution in [1.29, 1.82) is 0 Å². The molecule has 0 aliphatic rings. The molecule has 1 aromatic rings. The number of nitrogens with one attached hydrogen (secondary N) is 1. The summed E-state index contributed by atoms with van der Waals surface area (Å²) in [4.78, 5) is 16.3. The molecule has 0 aliphatic carbocycles. The SMILES string of the molecule is CCCCC(Nc1ccccn1)C(=O)OC(C)(C)C. The molecule has 1 unspecified atom stereocenters. The van der Waals surface area contributed by atoms with Crippen LogP contribution in [0.5, 0.6) is 0 Å². The lowest BCUT2D eigenvalue weighted by atomic mass is 10.1. The first-order valence-electron chi connectivity index (χ1n) is 6.83. The fraction of sp³-hybridized carbons (Fsp3) is 0.600. The molecule has 0 radical (unpaired) electrons. The van der Waals surface area contributed by atoms with Gasteiger partial charge in [0.05, 0.1) is 0 Å². The maximum Gasteiger partial charge on any atom is 0.329 e. The van der Waals surface area contributed by atoms with Crippen molar-refractivity contribution in [2.24, 2.45) is 0 Å². The zero-order valence-electron chi connectivity index (χ0n) is 12.3. The van der Waals surface area contributed by atoms with E-state index in [2.05, 4.69) is 17.2 Å². The van der Waals surface area contributed by atoms with Gasteiger partial charge in [-0.05, 0) is 39.3 Å². The van der Waals surface area contributed by atoms with Crippen LogP contribution in [0.4, 0.5) is 5.82 Å². The van der Waals surface area contributed by atoms with Crippen LogP contribution in [0, 0.1) is 0 Å². The quantitative estimate of drug-likeness (QED) is 0.800. The Kier molecular flexibility index (Phi) is 5.80. The summed E-state index contributed by atoms with van der Waals surface area (Å²) < 4.78 is 5.44. The van der Waals surface area contributed by atoms with E-state index in [1.165, 1.54) is 0 Å². The Morgan fingerprint density at radius 2 is 2.16 bits per heavy atom. The predicted octanol–water partition coefficient (Wildman–Crippen LogP) is 3.39. The van der Waals surface area contributed by atoms with Crippen molar-refractivity contribution < 1.29 is 9.53 Å². The molecule has 4 nitrogen and oxygen atoms in total. The largest absolute Gasteiger partial charge is 0.458 e. The third kappa shape index (κ3) is 6.22. The van der Waals surface area contributed by atoms with Crippen LogP contribution in [-0.2, 0) is 9.53 Å². The van der Waals surface area contributed by atoms with Gasteiger partial charge in [0.15, 0.2) is 0 Å². The van der Waals surface area contributed by atoms with Gasteiger partial charge in [-0.15, -0.1) is 0 Å².